The lowest BCUT2D eigenvalue weighted by molar-refractivity contribution is 0.0135. The molecule has 2 rings (SSSR count). The van der Waals surface area contributed by atoms with Crippen LogP contribution >= 0.6 is 0 Å². The van der Waals surface area contributed by atoms with Crippen molar-refractivity contribution in [3.63, 3.8) is 0 Å². The molecule has 1 amide bonds. The zero-order chi connectivity index (χ0) is 18.2. The van der Waals surface area contributed by atoms with Gasteiger partial charge in [-0.2, -0.15) is 0 Å². The van der Waals surface area contributed by atoms with Gasteiger partial charge in [-0.3, -0.25) is 0 Å². The van der Waals surface area contributed by atoms with Crippen molar-refractivity contribution in [3.8, 4) is 0 Å². The Morgan fingerprint density at radius 1 is 1.20 bits per heavy atom. The number of rotatable bonds is 7. The van der Waals surface area contributed by atoms with Gasteiger partial charge in [0.05, 0.1) is 6.10 Å². The van der Waals surface area contributed by atoms with Crippen LogP contribution in [0.5, 0.6) is 0 Å². The fraction of sp³-hybridized carbons (Fsp3) is 0.316. The van der Waals surface area contributed by atoms with E-state index in [1.54, 1.807) is 6.92 Å². The van der Waals surface area contributed by atoms with Crippen LogP contribution in [0.15, 0.2) is 48.5 Å². The molecule has 0 saturated heterocycles. The van der Waals surface area contributed by atoms with Gasteiger partial charge in [-0.05, 0) is 36.1 Å². The summed E-state index contributed by atoms with van der Waals surface area (Å²) >= 11 is 0. The Labute approximate surface area is 146 Å². The highest BCUT2D eigenvalue weighted by atomic mass is 19.1. The Bertz CT molecular complexity index is 693. The van der Waals surface area contributed by atoms with E-state index in [4.69, 9.17) is 4.74 Å². The molecule has 3 N–H and O–H groups in total. The maximum absolute atomic E-state index is 13.2. The molecule has 2 unspecified atom stereocenters. The summed E-state index contributed by atoms with van der Waals surface area (Å²) in [7, 11) is 0. The van der Waals surface area contributed by atoms with Gasteiger partial charge in [0.1, 0.15) is 18.5 Å². The zero-order valence-corrected chi connectivity index (χ0v) is 14.0. The van der Waals surface area contributed by atoms with Crippen molar-refractivity contribution in [2.75, 3.05) is 6.54 Å². The molecule has 0 aliphatic carbocycles. The average Bonchev–Trinajstić information content (AvgIpc) is 2.62. The number of nitrogens with one attached hydrogen (secondary N) is 1. The molecule has 0 spiro atoms. The lowest BCUT2D eigenvalue weighted by Crippen LogP contribution is -2.29. The summed E-state index contributed by atoms with van der Waals surface area (Å²) in [6, 6.07) is 13.4. The van der Waals surface area contributed by atoms with Crippen LogP contribution in [0.1, 0.15) is 29.2 Å². The van der Waals surface area contributed by atoms with Crippen LogP contribution < -0.4 is 5.32 Å². The van der Waals surface area contributed by atoms with E-state index in [-0.39, 0.29) is 25.4 Å². The largest absolute Gasteiger partial charge is 0.445 e. The minimum Gasteiger partial charge on any atom is -0.445 e. The van der Waals surface area contributed by atoms with Gasteiger partial charge >= 0.3 is 6.09 Å². The number of alkyl carbamates (subject to hydrolysis) is 1. The van der Waals surface area contributed by atoms with E-state index in [0.717, 1.165) is 5.56 Å². The zero-order valence-electron chi connectivity index (χ0n) is 14.0. The predicted octanol–water partition coefficient (Wildman–Crippen LogP) is 2.84. The smallest absolute Gasteiger partial charge is 0.407 e. The first-order chi connectivity index (χ1) is 12.0. The predicted molar refractivity (Wildman–Crippen MR) is 91.4 cm³/mol. The number of hydrogen-bond donors (Lipinski definition) is 3. The maximum Gasteiger partial charge on any atom is 0.407 e. The number of hydrogen-bond acceptors (Lipinski definition) is 4. The first-order valence-corrected chi connectivity index (χ1v) is 8.04. The van der Waals surface area contributed by atoms with Crippen LogP contribution in [-0.2, 0) is 11.3 Å². The van der Waals surface area contributed by atoms with E-state index in [1.807, 2.05) is 30.3 Å². The van der Waals surface area contributed by atoms with Gasteiger partial charge < -0.3 is 20.3 Å². The Hall–Kier alpha value is -2.44. The second-order valence-corrected chi connectivity index (χ2v) is 5.80. The number of amides is 1. The van der Waals surface area contributed by atoms with Crippen molar-refractivity contribution in [1.29, 1.82) is 0 Å². The van der Waals surface area contributed by atoms with E-state index in [1.165, 1.54) is 18.2 Å². The van der Waals surface area contributed by atoms with Crippen LogP contribution in [0.4, 0.5) is 9.18 Å². The Morgan fingerprint density at radius 3 is 2.60 bits per heavy atom. The quantitative estimate of drug-likeness (QED) is 0.720. The summed E-state index contributed by atoms with van der Waals surface area (Å²) in [5, 5.41) is 22.6. The lowest BCUT2D eigenvalue weighted by Gasteiger charge is -2.19. The summed E-state index contributed by atoms with van der Waals surface area (Å²) in [5.41, 5.74) is 1.70. The SMILES string of the molecule is Cc1cc(C(O)C(O)CCNC(=O)OCc2ccccc2)ccc1F. The maximum atomic E-state index is 13.2. The third-order valence-electron chi connectivity index (χ3n) is 3.81. The van der Waals surface area contributed by atoms with E-state index in [2.05, 4.69) is 5.32 Å². The minimum absolute atomic E-state index is 0.137. The van der Waals surface area contributed by atoms with Crippen molar-refractivity contribution in [3.05, 3.63) is 71.0 Å². The molecule has 0 saturated carbocycles. The molecule has 0 aliphatic rings. The third kappa shape index (κ3) is 5.85. The highest BCUT2D eigenvalue weighted by Crippen LogP contribution is 2.21. The number of ether oxygens (including phenoxy) is 1. The van der Waals surface area contributed by atoms with Gasteiger partial charge in [0.15, 0.2) is 0 Å². The number of benzene rings is 2. The first-order valence-electron chi connectivity index (χ1n) is 8.04. The van der Waals surface area contributed by atoms with Gasteiger partial charge in [0.2, 0.25) is 0 Å². The molecular formula is C19H22FNO4. The highest BCUT2D eigenvalue weighted by Gasteiger charge is 2.19. The van der Waals surface area contributed by atoms with Crippen LogP contribution in [0.2, 0.25) is 0 Å². The average molecular weight is 347 g/mol. The Morgan fingerprint density at radius 2 is 1.92 bits per heavy atom. The molecule has 0 aromatic heterocycles. The van der Waals surface area contributed by atoms with Crippen molar-refractivity contribution in [1.82, 2.24) is 5.32 Å². The van der Waals surface area contributed by atoms with Crippen LogP contribution in [0.3, 0.4) is 0 Å². The first kappa shape index (κ1) is 18.9. The fourth-order valence-corrected chi connectivity index (χ4v) is 2.33. The van der Waals surface area contributed by atoms with E-state index in [9.17, 15) is 19.4 Å². The number of aliphatic hydroxyl groups is 2. The molecule has 25 heavy (non-hydrogen) atoms. The highest BCUT2D eigenvalue weighted by molar-refractivity contribution is 5.67. The minimum atomic E-state index is -1.15. The fourth-order valence-electron chi connectivity index (χ4n) is 2.33. The standard InChI is InChI=1S/C19H22FNO4/c1-13-11-15(7-8-16(13)20)18(23)17(22)9-10-21-19(24)25-12-14-5-3-2-4-6-14/h2-8,11,17-18,22-23H,9-10,12H2,1H3,(H,21,24). The number of carbonyl (C=O) groups is 1. The van der Waals surface area contributed by atoms with Crippen molar-refractivity contribution < 1.29 is 24.1 Å². The summed E-state index contributed by atoms with van der Waals surface area (Å²) in [6.07, 6.45) is -2.69. The molecule has 0 fully saturated rings. The molecule has 0 heterocycles. The third-order valence-corrected chi connectivity index (χ3v) is 3.81. The monoisotopic (exact) mass is 347 g/mol. The number of aliphatic hydroxyl groups excluding tert-OH is 2. The second-order valence-electron chi connectivity index (χ2n) is 5.80. The van der Waals surface area contributed by atoms with Crippen molar-refractivity contribution >= 4 is 6.09 Å². The van der Waals surface area contributed by atoms with E-state index >= 15 is 0 Å². The molecule has 0 aliphatic heterocycles. The van der Waals surface area contributed by atoms with Crippen molar-refractivity contribution in [2.45, 2.75) is 32.2 Å². The Kier molecular flexibility index (Phi) is 6.91. The van der Waals surface area contributed by atoms with Gasteiger partial charge in [-0.15, -0.1) is 0 Å². The molecule has 2 atom stereocenters. The molecule has 0 radical (unpaired) electrons. The second kappa shape index (κ2) is 9.15. The van der Waals surface area contributed by atoms with Gasteiger partial charge in [0, 0.05) is 6.54 Å². The molecule has 2 aromatic carbocycles. The summed E-state index contributed by atoms with van der Waals surface area (Å²) in [4.78, 5) is 11.6. The summed E-state index contributed by atoms with van der Waals surface area (Å²) in [6.45, 7) is 1.89. The van der Waals surface area contributed by atoms with Crippen LogP contribution in [0, 0.1) is 12.7 Å². The van der Waals surface area contributed by atoms with Crippen LogP contribution in [-0.4, -0.2) is 29.0 Å². The van der Waals surface area contributed by atoms with E-state index < -0.39 is 18.3 Å². The molecule has 0 bridgehead atoms. The number of aryl methyl sites for hydroxylation is 1. The van der Waals surface area contributed by atoms with Crippen LogP contribution in [0.25, 0.3) is 0 Å². The molecule has 6 heteroatoms. The molecule has 5 nitrogen and oxygen atoms in total. The molecular weight excluding hydrogens is 325 g/mol. The molecule has 134 valence electrons. The van der Waals surface area contributed by atoms with Crippen molar-refractivity contribution in [2.24, 2.45) is 0 Å². The number of halogens is 1. The molecule has 2 aromatic rings. The lowest BCUT2D eigenvalue weighted by atomic mass is 10.0. The van der Waals surface area contributed by atoms with Gasteiger partial charge in [-0.25, -0.2) is 9.18 Å². The normalized spacial score (nSPS) is 13.1. The van der Waals surface area contributed by atoms with E-state index in [0.29, 0.717) is 11.1 Å². The summed E-state index contributed by atoms with van der Waals surface area (Å²) < 4.78 is 18.3. The van der Waals surface area contributed by atoms with Gasteiger partial charge in [0.25, 0.3) is 0 Å². The number of carbonyl (C=O) groups excluding carboxylic acids is 1. The Balaban J connectivity index is 1.72. The summed E-state index contributed by atoms with van der Waals surface area (Å²) in [5.74, 6) is -0.367. The topological polar surface area (TPSA) is 78.8 Å². The van der Waals surface area contributed by atoms with Gasteiger partial charge in [-0.1, -0.05) is 42.5 Å².